The summed E-state index contributed by atoms with van der Waals surface area (Å²) in [6.07, 6.45) is -0.705. The molecular weight excluding hydrogens is 263 g/mol. The Bertz CT molecular complexity index is 570. The van der Waals surface area contributed by atoms with Crippen molar-refractivity contribution in [2.75, 3.05) is 7.11 Å². The first-order valence-corrected chi connectivity index (χ1v) is 6.71. The minimum absolute atomic E-state index is 0.342. The highest BCUT2D eigenvalue weighted by molar-refractivity contribution is 7.99. The lowest BCUT2D eigenvalue weighted by molar-refractivity contribution is 0.196. The van der Waals surface area contributed by atoms with Gasteiger partial charge in [-0.2, -0.15) is 0 Å². The molecule has 19 heavy (non-hydrogen) atoms. The first-order valence-electron chi connectivity index (χ1n) is 5.89. The van der Waals surface area contributed by atoms with Crippen LogP contribution in [-0.4, -0.2) is 12.2 Å². The van der Waals surface area contributed by atoms with E-state index in [2.05, 4.69) is 0 Å². The van der Waals surface area contributed by atoms with Gasteiger partial charge in [-0.1, -0.05) is 17.8 Å². The summed E-state index contributed by atoms with van der Waals surface area (Å²) in [6, 6.07) is 12.1. The van der Waals surface area contributed by atoms with E-state index in [4.69, 9.17) is 4.74 Å². The minimum Gasteiger partial charge on any atom is -0.497 e. The van der Waals surface area contributed by atoms with Crippen molar-refractivity contribution in [1.82, 2.24) is 0 Å². The van der Waals surface area contributed by atoms with E-state index in [0.717, 1.165) is 15.5 Å². The predicted molar refractivity (Wildman–Crippen MR) is 74.2 cm³/mol. The second kappa shape index (κ2) is 6.08. The summed E-state index contributed by atoms with van der Waals surface area (Å²) < 4.78 is 18.4. The molecule has 0 aliphatic heterocycles. The van der Waals surface area contributed by atoms with Crippen LogP contribution in [0.5, 0.6) is 5.75 Å². The van der Waals surface area contributed by atoms with Crippen LogP contribution in [-0.2, 0) is 0 Å². The lowest BCUT2D eigenvalue weighted by Gasteiger charge is -2.12. The van der Waals surface area contributed by atoms with Crippen LogP contribution in [0.15, 0.2) is 52.3 Å². The van der Waals surface area contributed by atoms with Gasteiger partial charge < -0.3 is 9.84 Å². The summed E-state index contributed by atoms with van der Waals surface area (Å²) in [7, 11) is 1.61. The number of hydrogen-bond acceptors (Lipinski definition) is 3. The van der Waals surface area contributed by atoms with Crippen molar-refractivity contribution in [3.8, 4) is 5.75 Å². The molecule has 0 unspecified atom stereocenters. The number of aliphatic hydroxyl groups is 1. The third-order valence-corrected chi connectivity index (χ3v) is 3.77. The Kier molecular flexibility index (Phi) is 4.45. The molecule has 0 aliphatic rings. The van der Waals surface area contributed by atoms with Gasteiger partial charge in [0.2, 0.25) is 0 Å². The molecule has 2 rings (SSSR count). The van der Waals surface area contributed by atoms with E-state index in [1.54, 1.807) is 20.1 Å². The van der Waals surface area contributed by atoms with Crippen LogP contribution in [0.25, 0.3) is 0 Å². The van der Waals surface area contributed by atoms with Gasteiger partial charge in [-0.05, 0) is 48.9 Å². The Labute approximate surface area is 116 Å². The topological polar surface area (TPSA) is 29.5 Å². The molecule has 0 radical (unpaired) electrons. The maximum Gasteiger partial charge on any atom is 0.123 e. The van der Waals surface area contributed by atoms with Crippen LogP contribution in [0.2, 0.25) is 0 Å². The summed E-state index contributed by atoms with van der Waals surface area (Å²) in [6.45, 7) is 1.63. The van der Waals surface area contributed by atoms with Gasteiger partial charge >= 0.3 is 0 Å². The quantitative estimate of drug-likeness (QED) is 0.915. The number of rotatable bonds is 4. The number of methoxy groups -OCH3 is 1. The molecule has 0 heterocycles. The van der Waals surface area contributed by atoms with Gasteiger partial charge in [-0.3, -0.25) is 0 Å². The Balaban J connectivity index is 2.32. The standard InChI is InChI=1S/C15H15FO2S/c1-10(17)14-8-11(16)6-7-15(14)19-13-5-3-4-12(9-13)18-2/h3-10,17H,1-2H3/t10-/m1/s1. The van der Waals surface area contributed by atoms with Crippen molar-refractivity contribution < 1.29 is 14.2 Å². The summed E-state index contributed by atoms with van der Waals surface area (Å²) in [5, 5.41) is 9.70. The summed E-state index contributed by atoms with van der Waals surface area (Å²) in [5.41, 5.74) is 0.591. The molecule has 1 atom stereocenters. The second-order valence-corrected chi connectivity index (χ2v) is 5.25. The van der Waals surface area contributed by atoms with E-state index in [0.29, 0.717) is 5.56 Å². The average molecular weight is 278 g/mol. The molecule has 2 aromatic rings. The summed E-state index contributed by atoms with van der Waals surface area (Å²) >= 11 is 1.47. The zero-order valence-corrected chi connectivity index (χ0v) is 11.6. The molecule has 0 aliphatic carbocycles. The van der Waals surface area contributed by atoms with Crippen LogP contribution in [0.1, 0.15) is 18.6 Å². The molecule has 0 bridgehead atoms. The van der Waals surface area contributed by atoms with Gasteiger partial charge in [-0.15, -0.1) is 0 Å². The van der Waals surface area contributed by atoms with Crippen molar-refractivity contribution in [3.05, 3.63) is 53.8 Å². The molecule has 2 aromatic carbocycles. The maximum atomic E-state index is 13.2. The molecule has 0 amide bonds. The number of hydrogen-bond donors (Lipinski definition) is 1. The molecule has 0 aromatic heterocycles. The van der Waals surface area contributed by atoms with Gasteiger partial charge in [-0.25, -0.2) is 4.39 Å². The maximum absolute atomic E-state index is 13.2. The Morgan fingerprint density at radius 3 is 2.68 bits per heavy atom. The van der Waals surface area contributed by atoms with Gasteiger partial charge in [0, 0.05) is 9.79 Å². The molecule has 0 spiro atoms. The molecule has 0 fully saturated rings. The largest absolute Gasteiger partial charge is 0.497 e. The first kappa shape index (κ1) is 13.9. The smallest absolute Gasteiger partial charge is 0.123 e. The van der Waals surface area contributed by atoms with Crippen LogP contribution in [0.4, 0.5) is 4.39 Å². The van der Waals surface area contributed by atoms with Gasteiger partial charge in [0.15, 0.2) is 0 Å². The highest BCUT2D eigenvalue weighted by Crippen LogP contribution is 2.35. The Hall–Kier alpha value is -1.52. The third kappa shape index (κ3) is 3.49. The van der Waals surface area contributed by atoms with Gasteiger partial charge in [0.05, 0.1) is 13.2 Å². The third-order valence-electron chi connectivity index (χ3n) is 2.69. The van der Waals surface area contributed by atoms with Crippen molar-refractivity contribution in [3.63, 3.8) is 0 Å². The summed E-state index contributed by atoms with van der Waals surface area (Å²) in [5.74, 6) is 0.427. The number of halogens is 1. The van der Waals surface area contributed by atoms with E-state index >= 15 is 0 Å². The summed E-state index contributed by atoms with van der Waals surface area (Å²) in [4.78, 5) is 1.82. The highest BCUT2D eigenvalue weighted by Gasteiger charge is 2.11. The van der Waals surface area contributed by atoms with E-state index in [9.17, 15) is 9.50 Å². The first-order chi connectivity index (χ1) is 9.10. The number of ether oxygens (including phenoxy) is 1. The average Bonchev–Trinajstić information content (AvgIpc) is 2.41. The molecule has 2 nitrogen and oxygen atoms in total. The van der Waals surface area contributed by atoms with Crippen molar-refractivity contribution in [1.29, 1.82) is 0 Å². The molecular formula is C15H15FO2S. The molecule has 0 saturated carbocycles. The van der Waals surface area contributed by atoms with Crippen LogP contribution in [0.3, 0.4) is 0 Å². The van der Waals surface area contributed by atoms with Crippen molar-refractivity contribution in [2.45, 2.75) is 22.8 Å². The number of aliphatic hydroxyl groups excluding tert-OH is 1. The van der Waals surface area contributed by atoms with E-state index < -0.39 is 6.10 Å². The van der Waals surface area contributed by atoms with Crippen LogP contribution in [0, 0.1) is 5.82 Å². The van der Waals surface area contributed by atoms with Gasteiger partial charge in [0.1, 0.15) is 11.6 Å². The fraction of sp³-hybridized carbons (Fsp3) is 0.200. The van der Waals surface area contributed by atoms with Crippen molar-refractivity contribution >= 4 is 11.8 Å². The lowest BCUT2D eigenvalue weighted by Crippen LogP contribution is -1.95. The zero-order valence-electron chi connectivity index (χ0n) is 10.8. The second-order valence-electron chi connectivity index (χ2n) is 4.14. The van der Waals surface area contributed by atoms with E-state index in [-0.39, 0.29) is 5.82 Å². The van der Waals surface area contributed by atoms with E-state index in [1.807, 2.05) is 24.3 Å². The SMILES string of the molecule is COc1cccc(Sc2ccc(F)cc2[C@@H](C)O)c1. The predicted octanol–water partition coefficient (Wildman–Crippen LogP) is 4.04. The fourth-order valence-electron chi connectivity index (χ4n) is 1.73. The van der Waals surface area contributed by atoms with E-state index in [1.165, 1.54) is 23.9 Å². The number of benzene rings is 2. The monoisotopic (exact) mass is 278 g/mol. The Morgan fingerprint density at radius 2 is 2.00 bits per heavy atom. The van der Waals surface area contributed by atoms with Crippen LogP contribution < -0.4 is 4.74 Å². The molecule has 1 N–H and O–H groups in total. The Morgan fingerprint density at radius 1 is 1.21 bits per heavy atom. The molecule has 0 saturated heterocycles. The van der Waals surface area contributed by atoms with Crippen molar-refractivity contribution in [2.24, 2.45) is 0 Å². The fourth-order valence-corrected chi connectivity index (χ4v) is 2.79. The van der Waals surface area contributed by atoms with Crippen LogP contribution >= 0.6 is 11.8 Å². The lowest BCUT2D eigenvalue weighted by atomic mass is 10.1. The molecule has 100 valence electrons. The van der Waals surface area contributed by atoms with Gasteiger partial charge in [0.25, 0.3) is 0 Å². The minimum atomic E-state index is -0.705. The zero-order chi connectivity index (χ0) is 13.8. The normalized spacial score (nSPS) is 12.2. The highest BCUT2D eigenvalue weighted by atomic mass is 32.2. The molecule has 4 heteroatoms.